The van der Waals surface area contributed by atoms with Gasteiger partial charge in [0.1, 0.15) is 0 Å². The Morgan fingerprint density at radius 3 is 2.12 bits per heavy atom. The van der Waals surface area contributed by atoms with Crippen molar-refractivity contribution in [3.8, 4) is 0 Å². The maximum absolute atomic E-state index is 13.2. The molecule has 0 radical (unpaired) electrons. The fourth-order valence-corrected chi connectivity index (χ4v) is 4.75. The third-order valence-corrected chi connectivity index (χ3v) is 6.65. The van der Waals surface area contributed by atoms with Crippen LogP contribution < -0.4 is 0 Å². The van der Waals surface area contributed by atoms with Crippen LogP contribution in [0.4, 0.5) is 0 Å². The van der Waals surface area contributed by atoms with E-state index >= 15 is 0 Å². The first-order valence-electron chi connectivity index (χ1n) is 8.18. The highest BCUT2D eigenvalue weighted by Gasteiger charge is 2.35. The standard InChI is InChI=1S/C20H23NO2S/c1-15-9-11-19(12-10-15)24(22,23)21-14-17(3)16(2)13-20(21)18-7-5-4-6-8-18/h4-12,20H,13-14H2,1-3H3/t20-/m0/s1. The van der Waals surface area contributed by atoms with Gasteiger partial charge < -0.3 is 0 Å². The summed E-state index contributed by atoms with van der Waals surface area (Å²) >= 11 is 0. The minimum absolute atomic E-state index is 0.152. The van der Waals surface area contributed by atoms with Gasteiger partial charge in [-0.25, -0.2) is 8.42 Å². The Hall–Kier alpha value is -1.91. The van der Waals surface area contributed by atoms with Crippen LogP contribution in [0.1, 0.15) is 37.4 Å². The summed E-state index contributed by atoms with van der Waals surface area (Å²) in [6.07, 6.45) is 0.737. The molecule has 0 aromatic heterocycles. The van der Waals surface area contributed by atoms with Crippen LogP contribution in [0.3, 0.4) is 0 Å². The van der Waals surface area contributed by atoms with Crippen molar-refractivity contribution in [1.29, 1.82) is 0 Å². The second-order valence-electron chi connectivity index (χ2n) is 6.55. The minimum Gasteiger partial charge on any atom is -0.207 e. The Morgan fingerprint density at radius 2 is 1.50 bits per heavy atom. The molecule has 2 aromatic carbocycles. The zero-order chi connectivity index (χ0) is 17.3. The quantitative estimate of drug-likeness (QED) is 0.773. The molecule has 0 spiro atoms. The lowest BCUT2D eigenvalue weighted by atomic mass is 9.93. The van der Waals surface area contributed by atoms with Crippen molar-refractivity contribution in [2.24, 2.45) is 0 Å². The van der Waals surface area contributed by atoms with Crippen molar-refractivity contribution in [3.05, 3.63) is 76.9 Å². The van der Waals surface area contributed by atoms with Crippen LogP contribution in [0.2, 0.25) is 0 Å². The van der Waals surface area contributed by atoms with Gasteiger partial charge in [0.25, 0.3) is 0 Å². The fourth-order valence-electron chi connectivity index (χ4n) is 3.10. The van der Waals surface area contributed by atoms with Gasteiger partial charge in [0, 0.05) is 6.54 Å². The highest BCUT2D eigenvalue weighted by molar-refractivity contribution is 7.89. The highest BCUT2D eigenvalue weighted by Crippen LogP contribution is 2.37. The van der Waals surface area contributed by atoms with Crippen LogP contribution in [0.25, 0.3) is 0 Å². The Balaban J connectivity index is 2.06. The summed E-state index contributed by atoms with van der Waals surface area (Å²) in [4.78, 5) is 0.362. The van der Waals surface area contributed by atoms with Crippen LogP contribution >= 0.6 is 0 Å². The van der Waals surface area contributed by atoms with E-state index in [2.05, 4.69) is 6.92 Å². The molecule has 0 N–H and O–H groups in total. The molecule has 0 fully saturated rings. The SMILES string of the molecule is CC1=C(C)CN(S(=O)(=O)c2ccc(C)cc2)[C@H](c2ccccc2)C1. The van der Waals surface area contributed by atoms with Gasteiger partial charge in [-0.2, -0.15) is 4.31 Å². The van der Waals surface area contributed by atoms with Gasteiger partial charge in [-0.1, -0.05) is 59.2 Å². The van der Waals surface area contributed by atoms with Crippen molar-refractivity contribution < 1.29 is 8.42 Å². The molecule has 4 heteroatoms. The van der Waals surface area contributed by atoms with E-state index in [1.807, 2.05) is 56.3 Å². The molecule has 2 aromatic rings. The first kappa shape index (κ1) is 16.9. The monoisotopic (exact) mass is 341 g/mol. The van der Waals surface area contributed by atoms with Crippen molar-refractivity contribution in [2.45, 2.75) is 38.1 Å². The molecule has 0 amide bonds. The van der Waals surface area contributed by atoms with Crippen LogP contribution in [-0.4, -0.2) is 19.3 Å². The smallest absolute Gasteiger partial charge is 0.207 e. The first-order chi connectivity index (χ1) is 11.4. The second-order valence-corrected chi connectivity index (χ2v) is 8.45. The van der Waals surface area contributed by atoms with Crippen molar-refractivity contribution in [3.63, 3.8) is 0 Å². The zero-order valence-corrected chi connectivity index (χ0v) is 15.2. The Labute approximate surface area is 144 Å². The van der Waals surface area contributed by atoms with Gasteiger partial charge in [-0.3, -0.25) is 0 Å². The van der Waals surface area contributed by atoms with Crippen LogP contribution in [0, 0.1) is 6.92 Å². The van der Waals surface area contributed by atoms with E-state index in [1.54, 1.807) is 16.4 Å². The fraction of sp³-hybridized carbons (Fsp3) is 0.300. The van der Waals surface area contributed by atoms with Crippen molar-refractivity contribution in [1.82, 2.24) is 4.31 Å². The average molecular weight is 341 g/mol. The molecule has 126 valence electrons. The number of nitrogens with zero attached hydrogens (tertiary/aromatic N) is 1. The summed E-state index contributed by atoms with van der Waals surface area (Å²) in [6, 6.07) is 16.9. The average Bonchev–Trinajstić information content (AvgIpc) is 2.58. The molecule has 24 heavy (non-hydrogen) atoms. The summed E-state index contributed by atoms with van der Waals surface area (Å²) in [5.41, 5.74) is 4.51. The zero-order valence-electron chi connectivity index (χ0n) is 14.4. The van der Waals surface area contributed by atoms with Crippen LogP contribution in [-0.2, 0) is 10.0 Å². The largest absolute Gasteiger partial charge is 0.243 e. The van der Waals surface area contributed by atoms with Gasteiger partial charge in [-0.15, -0.1) is 0 Å². The molecule has 3 nitrogen and oxygen atoms in total. The summed E-state index contributed by atoms with van der Waals surface area (Å²) < 4.78 is 28.1. The van der Waals surface area contributed by atoms with E-state index in [0.717, 1.165) is 23.1 Å². The Bertz CT molecular complexity index is 852. The summed E-state index contributed by atoms with van der Waals surface area (Å²) in [5.74, 6) is 0. The number of sulfonamides is 1. The molecule has 1 heterocycles. The molecule has 0 bridgehead atoms. The third-order valence-electron chi connectivity index (χ3n) is 4.78. The number of aryl methyl sites for hydroxylation is 1. The summed E-state index contributed by atoms with van der Waals surface area (Å²) in [7, 11) is -3.53. The number of rotatable bonds is 3. The van der Waals surface area contributed by atoms with Gasteiger partial charge in [0.05, 0.1) is 10.9 Å². The van der Waals surface area contributed by atoms with Gasteiger partial charge in [0.15, 0.2) is 0 Å². The molecule has 3 rings (SSSR count). The van der Waals surface area contributed by atoms with Crippen molar-refractivity contribution in [2.75, 3.05) is 6.54 Å². The topological polar surface area (TPSA) is 37.4 Å². The van der Waals surface area contributed by atoms with E-state index in [0.29, 0.717) is 11.4 Å². The maximum atomic E-state index is 13.2. The number of benzene rings is 2. The summed E-state index contributed by atoms with van der Waals surface area (Å²) in [5, 5.41) is 0. The lowest BCUT2D eigenvalue weighted by Crippen LogP contribution is -2.39. The van der Waals surface area contributed by atoms with E-state index in [4.69, 9.17) is 0 Å². The van der Waals surface area contributed by atoms with E-state index in [9.17, 15) is 8.42 Å². The van der Waals surface area contributed by atoms with Crippen molar-refractivity contribution >= 4 is 10.0 Å². The van der Waals surface area contributed by atoms with E-state index in [1.165, 1.54) is 5.57 Å². The summed E-state index contributed by atoms with van der Waals surface area (Å²) in [6.45, 7) is 6.53. The first-order valence-corrected chi connectivity index (χ1v) is 9.62. The highest BCUT2D eigenvalue weighted by atomic mass is 32.2. The molecule has 0 unspecified atom stereocenters. The van der Waals surface area contributed by atoms with Gasteiger partial charge >= 0.3 is 0 Å². The number of hydrogen-bond acceptors (Lipinski definition) is 2. The lowest BCUT2D eigenvalue weighted by molar-refractivity contribution is 0.323. The second kappa shape index (κ2) is 6.54. The molecule has 0 saturated heterocycles. The number of hydrogen-bond donors (Lipinski definition) is 0. The molecule has 0 saturated carbocycles. The molecule has 0 aliphatic carbocycles. The van der Waals surface area contributed by atoms with Crippen LogP contribution in [0.5, 0.6) is 0 Å². The molecular formula is C20H23NO2S. The van der Waals surface area contributed by atoms with E-state index < -0.39 is 10.0 Å². The lowest BCUT2D eigenvalue weighted by Gasteiger charge is -2.36. The van der Waals surface area contributed by atoms with E-state index in [-0.39, 0.29) is 6.04 Å². The predicted octanol–water partition coefficient (Wildman–Crippen LogP) is 4.47. The predicted molar refractivity (Wildman–Crippen MR) is 97.2 cm³/mol. The molecular weight excluding hydrogens is 318 g/mol. The minimum atomic E-state index is -3.53. The molecule has 1 aliphatic rings. The Morgan fingerprint density at radius 1 is 0.875 bits per heavy atom. The Kier molecular flexibility index (Phi) is 4.61. The van der Waals surface area contributed by atoms with Gasteiger partial charge in [0.2, 0.25) is 10.0 Å². The van der Waals surface area contributed by atoms with Gasteiger partial charge in [-0.05, 0) is 44.9 Å². The molecule has 1 aliphatic heterocycles. The van der Waals surface area contributed by atoms with Crippen LogP contribution in [0.15, 0.2) is 70.6 Å². The maximum Gasteiger partial charge on any atom is 0.243 e. The molecule has 1 atom stereocenters. The normalized spacial score (nSPS) is 19.5. The third kappa shape index (κ3) is 3.17.